The second kappa shape index (κ2) is 3.05. The smallest absolute Gasteiger partial charge is 0.126 e. The zero-order chi connectivity index (χ0) is 10.5. The van der Waals surface area contributed by atoms with Gasteiger partial charge in [-0.3, -0.25) is 0 Å². The van der Waals surface area contributed by atoms with Crippen molar-refractivity contribution in [3.05, 3.63) is 35.1 Å². The molecule has 1 aromatic rings. The van der Waals surface area contributed by atoms with Gasteiger partial charge in [-0.25, -0.2) is 4.39 Å². The molecule has 0 bridgehead atoms. The molecule has 2 atom stereocenters. The van der Waals surface area contributed by atoms with Crippen LogP contribution >= 0.6 is 0 Å². The predicted molar refractivity (Wildman–Crippen MR) is 58.4 cm³/mol. The van der Waals surface area contributed by atoms with E-state index in [1.165, 1.54) is 5.56 Å². The Morgan fingerprint density at radius 3 is 3.07 bits per heavy atom. The number of rotatable bonds is 0. The Hall–Kier alpha value is -0.890. The van der Waals surface area contributed by atoms with E-state index in [4.69, 9.17) is 0 Å². The van der Waals surface area contributed by atoms with Gasteiger partial charge in [-0.05, 0) is 42.5 Å². The first-order valence-corrected chi connectivity index (χ1v) is 5.73. The summed E-state index contributed by atoms with van der Waals surface area (Å²) in [7, 11) is 0. The van der Waals surface area contributed by atoms with E-state index >= 15 is 0 Å². The molecule has 0 radical (unpaired) electrons. The van der Waals surface area contributed by atoms with Crippen LogP contribution in [0.5, 0.6) is 0 Å². The van der Waals surface area contributed by atoms with Gasteiger partial charge in [0.2, 0.25) is 0 Å². The summed E-state index contributed by atoms with van der Waals surface area (Å²) >= 11 is 0. The van der Waals surface area contributed by atoms with Crippen LogP contribution in [-0.2, 0) is 11.8 Å². The lowest BCUT2D eigenvalue weighted by atomic mass is 9.75. The molecule has 1 heterocycles. The molecule has 0 saturated carbocycles. The summed E-state index contributed by atoms with van der Waals surface area (Å²) in [4.78, 5) is 0. The molecule has 1 saturated heterocycles. The summed E-state index contributed by atoms with van der Waals surface area (Å²) in [6, 6.07) is 5.56. The van der Waals surface area contributed by atoms with Gasteiger partial charge in [-0.1, -0.05) is 19.1 Å². The second-order valence-corrected chi connectivity index (χ2v) is 4.95. The zero-order valence-electron chi connectivity index (χ0n) is 9.02. The molecule has 2 unspecified atom stereocenters. The maximum atomic E-state index is 13.7. The Labute approximate surface area is 89.7 Å². The van der Waals surface area contributed by atoms with E-state index < -0.39 is 0 Å². The van der Waals surface area contributed by atoms with Gasteiger partial charge in [0.15, 0.2) is 0 Å². The van der Waals surface area contributed by atoms with Crippen molar-refractivity contribution in [1.82, 2.24) is 5.32 Å². The summed E-state index contributed by atoms with van der Waals surface area (Å²) in [6.07, 6.45) is 2.06. The van der Waals surface area contributed by atoms with Crippen LogP contribution in [0.15, 0.2) is 18.2 Å². The molecule has 1 aliphatic carbocycles. The first kappa shape index (κ1) is 9.34. The van der Waals surface area contributed by atoms with Crippen molar-refractivity contribution in [2.45, 2.75) is 25.2 Å². The van der Waals surface area contributed by atoms with Crippen LogP contribution in [0.2, 0.25) is 0 Å². The fourth-order valence-corrected chi connectivity index (χ4v) is 3.36. The molecule has 1 fully saturated rings. The van der Waals surface area contributed by atoms with Gasteiger partial charge in [-0.15, -0.1) is 0 Å². The highest BCUT2D eigenvalue weighted by molar-refractivity contribution is 5.42. The minimum atomic E-state index is -0.0110. The largest absolute Gasteiger partial charge is 0.316 e. The van der Waals surface area contributed by atoms with Crippen molar-refractivity contribution in [3.8, 4) is 0 Å². The third kappa shape index (κ3) is 1.11. The van der Waals surface area contributed by atoms with Crippen LogP contribution in [-0.4, -0.2) is 13.1 Å². The first-order chi connectivity index (χ1) is 7.24. The number of fused-ring (bicyclic) bond motifs is 2. The Balaban J connectivity index is 2.17. The van der Waals surface area contributed by atoms with Crippen molar-refractivity contribution in [2.75, 3.05) is 13.1 Å². The van der Waals surface area contributed by atoms with Gasteiger partial charge in [0.05, 0.1) is 0 Å². The van der Waals surface area contributed by atoms with Crippen LogP contribution in [0.1, 0.15) is 24.5 Å². The summed E-state index contributed by atoms with van der Waals surface area (Å²) in [5, 5.41) is 3.42. The summed E-state index contributed by atoms with van der Waals surface area (Å²) in [5.41, 5.74) is 2.45. The van der Waals surface area contributed by atoms with E-state index in [1.807, 2.05) is 6.07 Å². The SMILES string of the molecule is CC1Cc2c(F)cccc2C12CCNC2. The molecule has 15 heavy (non-hydrogen) atoms. The molecule has 0 aromatic heterocycles. The Morgan fingerprint density at radius 1 is 1.47 bits per heavy atom. The van der Waals surface area contributed by atoms with E-state index in [0.29, 0.717) is 5.92 Å². The highest BCUT2D eigenvalue weighted by Gasteiger charge is 2.46. The third-order valence-corrected chi connectivity index (χ3v) is 4.30. The molecule has 1 N–H and O–H groups in total. The Morgan fingerprint density at radius 2 is 2.33 bits per heavy atom. The van der Waals surface area contributed by atoms with Crippen molar-refractivity contribution in [2.24, 2.45) is 5.92 Å². The number of hydrogen-bond donors (Lipinski definition) is 1. The third-order valence-electron chi connectivity index (χ3n) is 4.30. The number of halogens is 1. The molecule has 0 amide bonds. The van der Waals surface area contributed by atoms with Crippen molar-refractivity contribution in [3.63, 3.8) is 0 Å². The lowest BCUT2D eigenvalue weighted by Gasteiger charge is -2.29. The Kier molecular flexibility index (Phi) is 1.90. The van der Waals surface area contributed by atoms with E-state index in [0.717, 1.165) is 31.5 Å². The van der Waals surface area contributed by atoms with Crippen LogP contribution < -0.4 is 5.32 Å². The van der Waals surface area contributed by atoms with E-state index in [-0.39, 0.29) is 11.2 Å². The molecule has 1 aromatic carbocycles. The molecule has 3 rings (SSSR count). The van der Waals surface area contributed by atoms with Crippen molar-refractivity contribution in [1.29, 1.82) is 0 Å². The van der Waals surface area contributed by atoms with Gasteiger partial charge >= 0.3 is 0 Å². The van der Waals surface area contributed by atoms with Crippen molar-refractivity contribution >= 4 is 0 Å². The van der Waals surface area contributed by atoms with Crippen LogP contribution in [0.3, 0.4) is 0 Å². The maximum Gasteiger partial charge on any atom is 0.126 e. The standard InChI is InChI=1S/C13H16FN/c1-9-7-10-11(3-2-4-12(10)14)13(9)5-6-15-8-13/h2-4,9,15H,5-8H2,1H3. The van der Waals surface area contributed by atoms with Crippen LogP contribution in [0.25, 0.3) is 0 Å². The number of benzene rings is 1. The average Bonchev–Trinajstić information content (AvgIpc) is 2.79. The quantitative estimate of drug-likeness (QED) is 0.685. The number of nitrogens with one attached hydrogen (secondary N) is 1. The highest BCUT2D eigenvalue weighted by Crippen LogP contribution is 2.47. The minimum absolute atomic E-state index is 0.0110. The fourth-order valence-electron chi connectivity index (χ4n) is 3.36. The van der Waals surface area contributed by atoms with Gasteiger partial charge in [-0.2, -0.15) is 0 Å². The van der Waals surface area contributed by atoms with E-state index in [1.54, 1.807) is 6.07 Å². The van der Waals surface area contributed by atoms with Gasteiger partial charge < -0.3 is 5.32 Å². The molecule has 1 nitrogen and oxygen atoms in total. The lowest BCUT2D eigenvalue weighted by molar-refractivity contribution is 0.344. The van der Waals surface area contributed by atoms with E-state index in [9.17, 15) is 4.39 Å². The monoisotopic (exact) mass is 205 g/mol. The minimum Gasteiger partial charge on any atom is -0.316 e. The molecule has 2 heteroatoms. The highest BCUT2D eigenvalue weighted by atomic mass is 19.1. The van der Waals surface area contributed by atoms with E-state index in [2.05, 4.69) is 18.3 Å². The lowest BCUT2D eigenvalue weighted by Crippen LogP contribution is -2.32. The average molecular weight is 205 g/mol. The maximum absolute atomic E-state index is 13.7. The van der Waals surface area contributed by atoms with Crippen molar-refractivity contribution < 1.29 is 4.39 Å². The molecule has 80 valence electrons. The molecular weight excluding hydrogens is 189 g/mol. The fraction of sp³-hybridized carbons (Fsp3) is 0.538. The molecular formula is C13H16FN. The topological polar surface area (TPSA) is 12.0 Å². The summed E-state index contributed by atoms with van der Waals surface area (Å²) in [6.45, 7) is 4.34. The molecule has 1 aliphatic heterocycles. The second-order valence-electron chi connectivity index (χ2n) is 4.95. The first-order valence-electron chi connectivity index (χ1n) is 5.73. The van der Waals surface area contributed by atoms with Gasteiger partial charge in [0.1, 0.15) is 5.82 Å². The normalized spacial score (nSPS) is 33.6. The zero-order valence-corrected chi connectivity index (χ0v) is 9.02. The Bertz CT molecular complexity index is 394. The van der Waals surface area contributed by atoms with Gasteiger partial charge in [0, 0.05) is 12.0 Å². The summed E-state index contributed by atoms with van der Waals surface area (Å²) in [5.74, 6) is 0.558. The van der Waals surface area contributed by atoms with Crippen LogP contribution in [0, 0.1) is 11.7 Å². The molecule has 2 aliphatic rings. The predicted octanol–water partition coefficient (Wildman–Crippen LogP) is 2.25. The molecule has 1 spiro atoms. The van der Waals surface area contributed by atoms with Gasteiger partial charge in [0.25, 0.3) is 0 Å². The van der Waals surface area contributed by atoms with Crippen LogP contribution in [0.4, 0.5) is 4.39 Å². The summed E-state index contributed by atoms with van der Waals surface area (Å²) < 4.78 is 13.7. The number of hydrogen-bond acceptors (Lipinski definition) is 1.